The number of aliphatic hydroxyl groups excluding tert-OH is 1. The van der Waals surface area contributed by atoms with Crippen LogP contribution in [0.5, 0.6) is 5.75 Å². The predicted octanol–water partition coefficient (Wildman–Crippen LogP) is 1.21. The fourth-order valence-corrected chi connectivity index (χ4v) is 2.35. The van der Waals surface area contributed by atoms with Crippen LogP contribution in [-0.4, -0.2) is 39.0 Å². The molecule has 124 valence electrons. The van der Waals surface area contributed by atoms with Gasteiger partial charge < -0.3 is 20.1 Å². The third-order valence-corrected chi connectivity index (χ3v) is 3.87. The smallest absolute Gasteiger partial charge is 0.250 e. The lowest BCUT2D eigenvalue weighted by Crippen LogP contribution is -2.37. The molecule has 0 fully saturated rings. The van der Waals surface area contributed by atoms with Crippen molar-refractivity contribution in [1.29, 1.82) is 0 Å². The molecule has 0 bridgehead atoms. The average molecular weight is 318 g/mol. The molecule has 0 aliphatic carbocycles. The zero-order chi connectivity index (χ0) is 17.1. The van der Waals surface area contributed by atoms with Gasteiger partial charge in [-0.2, -0.15) is 0 Å². The Labute approximate surface area is 135 Å². The van der Waals surface area contributed by atoms with E-state index in [1.165, 1.54) is 7.11 Å². The maximum absolute atomic E-state index is 12.0. The van der Waals surface area contributed by atoms with E-state index in [1.807, 2.05) is 38.1 Å². The molecular weight excluding hydrogens is 296 g/mol. The molecular formula is C17H22N2O4. The summed E-state index contributed by atoms with van der Waals surface area (Å²) in [4.78, 5) is 25.7. The molecule has 0 spiro atoms. The van der Waals surface area contributed by atoms with Gasteiger partial charge in [-0.3, -0.25) is 9.59 Å². The lowest BCUT2D eigenvalue weighted by molar-refractivity contribution is 0.183. The Morgan fingerprint density at radius 1 is 1.26 bits per heavy atom. The van der Waals surface area contributed by atoms with Gasteiger partial charge in [0, 0.05) is 38.0 Å². The Kier molecular flexibility index (Phi) is 5.05. The third-order valence-electron chi connectivity index (χ3n) is 3.87. The van der Waals surface area contributed by atoms with Crippen LogP contribution in [0.25, 0.3) is 11.1 Å². The monoisotopic (exact) mass is 318 g/mol. The first-order valence-corrected chi connectivity index (χ1v) is 7.51. The zero-order valence-electron chi connectivity index (χ0n) is 13.8. The maximum atomic E-state index is 12.0. The molecule has 1 atom stereocenters. The molecule has 2 rings (SSSR count). The van der Waals surface area contributed by atoms with E-state index < -0.39 is 17.0 Å². The van der Waals surface area contributed by atoms with Crippen molar-refractivity contribution in [2.24, 2.45) is 0 Å². The van der Waals surface area contributed by atoms with Gasteiger partial charge >= 0.3 is 0 Å². The zero-order valence-corrected chi connectivity index (χ0v) is 13.8. The molecule has 0 radical (unpaired) electrons. The second-order valence-electron chi connectivity index (χ2n) is 5.63. The second-order valence-corrected chi connectivity index (χ2v) is 5.63. The van der Waals surface area contributed by atoms with Crippen LogP contribution >= 0.6 is 0 Å². The fraction of sp³-hybridized carbons (Fsp3) is 0.412. The van der Waals surface area contributed by atoms with E-state index in [2.05, 4.69) is 5.32 Å². The van der Waals surface area contributed by atoms with Crippen molar-refractivity contribution >= 4 is 11.4 Å². The molecule has 0 heterocycles. The van der Waals surface area contributed by atoms with Crippen molar-refractivity contribution in [3.63, 3.8) is 0 Å². The first-order chi connectivity index (χ1) is 10.9. The second kappa shape index (κ2) is 6.83. The average Bonchev–Trinajstić information content (AvgIpc) is 2.56. The minimum Gasteiger partial charge on any atom is -0.496 e. The summed E-state index contributed by atoms with van der Waals surface area (Å²) < 4.78 is 5.37. The maximum Gasteiger partial charge on any atom is 0.250 e. The van der Waals surface area contributed by atoms with Gasteiger partial charge in [0.25, 0.3) is 0 Å². The van der Waals surface area contributed by atoms with Gasteiger partial charge in [-0.25, -0.2) is 0 Å². The van der Waals surface area contributed by atoms with Crippen molar-refractivity contribution in [3.8, 4) is 16.9 Å². The summed E-state index contributed by atoms with van der Waals surface area (Å²) in [5.41, 5.74) is 0.992. The van der Waals surface area contributed by atoms with E-state index in [0.29, 0.717) is 23.3 Å². The Balaban J connectivity index is 2.41. The van der Waals surface area contributed by atoms with Crippen molar-refractivity contribution in [2.75, 3.05) is 38.0 Å². The van der Waals surface area contributed by atoms with Crippen LogP contribution in [0.1, 0.15) is 13.3 Å². The molecule has 1 unspecified atom stereocenters. The summed E-state index contributed by atoms with van der Waals surface area (Å²) >= 11 is 0. The van der Waals surface area contributed by atoms with Gasteiger partial charge in [-0.15, -0.1) is 0 Å². The molecule has 0 amide bonds. The highest BCUT2D eigenvalue weighted by Crippen LogP contribution is 2.35. The standard InChI is InChI=1S/C17H22N2O4/c1-5-11(20)9-18-15-14(16(21)17(15)22)12-7-6-10(19(2)3)8-13(12)23-4/h6-8,11,18,20H,5,9H2,1-4H3. The number of hydrogen-bond acceptors (Lipinski definition) is 6. The van der Waals surface area contributed by atoms with Gasteiger partial charge in [0.2, 0.25) is 10.9 Å². The Morgan fingerprint density at radius 2 is 1.96 bits per heavy atom. The van der Waals surface area contributed by atoms with Crippen molar-refractivity contribution in [1.82, 2.24) is 0 Å². The summed E-state index contributed by atoms with van der Waals surface area (Å²) in [5, 5.41) is 12.5. The van der Waals surface area contributed by atoms with Crippen LogP contribution < -0.4 is 25.8 Å². The van der Waals surface area contributed by atoms with E-state index in [-0.39, 0.29) is 12.2 Å². The molecule has 2 N–H and O–H groups in total. The number of nitrogens with one attached hydrogen (secondary N) is 1. The summed E-state index contributed by atoms with van der Waals surface area (Å²) in [6, 6.07) is 5.45. The van der Waals surface area contributed by atoms with E-state index in [4.69, 9.17) is 4.74 Å². The largest absolute Gasteiger partial charge is 0.496 e. The van der Waals surface area contributed by atoms with Gasteiger partial charge in [0.1, 0.15) is 5.75 Å². The van der Waals surface area contributed by atoms with E-state index in [9.17, 15) is 14.7 Å². The lowest BCUT2D eigenvalue weighted by atomic mass is 9.97. The summed E-state index contributed by atoms with van der Waals surface area (Å²) in [7, 11) is 5.34. The first-order valence-electron chi connectivity index (χ1n) is 7.51. The molecule has 2 aromatic carbocycles. The number of benzene rings is 1. The number of anilines is 2. The molecule has 2 aromatic rings. The van der Waals surface area contributed by atoms with Crippen LogP contribution in [0.15, 0.2) is 27.8 Å². The molecule has 0 aliphatic rings. The van der Waals surface area contributed by atoms with Gasteiger partial charge in [-0.1, -0.05) is 6.92 Å². The van der Waals surface area contributed by atoms with Crippen molar-refractivity contribution in [3.05, 3.63) is 38.6 Å². The van der Waals surface area contributed by atoms with Gasteiger partial charge in [-0.05, 0) is 18.6 Å². The quantitative estimate of drug-likeness (QED) is 0.747. The summed E-state index contributed by atoms with van der Waals surface area (Å²) in [6.07, 6.45) is 0.00349. The number of aliphatic hydroxyl groups is 1. The highest BCUT2D eigenvalue weighted by atomic mass is 16.5. The molecule has 6 nitrogen and oxygen atoms in total. The number of hydrogen-bond donors (Lipinski definition) is 2. The Bertz CT molecular complexity index is 760. The van der Waals surface area contributed by atoms with Crippen molar-refractivity contribution in [2.45, 2.75) is 19.4 Å². The molecule has 6 heteroatoms. The molecule has 0 saturated carbocycles. The number of rotatable bonds is 7. The molecule has 23 heavy (non-hydrogen) atoms. The topological polar surface area (TPSA) is 78.9 Å². The highest BCUT2D eigenvalue weighted by molar-refractivity contribution is 5.86. The predicted molar refractivity (Wildman–Crippen MR) is 92.5 cm³/mol. The summed E-state index contributed by atoms with van der Waals surface area (Å²) in [6.45, 7) is 2.07. The number of nitrogens with zero attached hydrogens (tertiary/aromatic N) is 1. The third kappa shape index (κ3) is 3.22. The number of methoxy groups -OCH3 is 1. The Hall–Kier alpha value is -2.34. The van der Waals surface area contributed by atoms with E-state index in [0.717, 1.165) is 5.69 Å². The molecule has 0 aromatic heterocycles. The van der Waals surface area contributed by atoms with Crippen LogP contribution in [0, 0.1) is 0 Å². The lowest BCUT2D eigenvalue weighted by Gasteiger charge is -2.19. The van der Waals surface area contributed by atoms with E-state index in [1.54, 1.807) is 6.07 Å². The number of ether oxygens (including phenoxy) is 1. The van der Waals surface area contributed by atoms with Gasteiger partial charge in [0.05, 0.1) is 24.5 Å². The Morgan fingerprint density at radius 3 is 2.52 bits per heavy atom. The van der Waals surface area contributed by atoms with E-state index >= 15 is 0 Å². The summed E-state index contributed by atoms with van der Waals surface area (Å²) in [5.74, 6) is 0.530. The van der Waals surface area contributed by atoms with Gasteiger partial charge in [0.15, 0.2) is 0 Å². The van der Waals surface area contributed by atoms with Crippen LogP contribution in [0.2, 0.25) is 0 Å². The van der Waals surface area contributed by atoms with Crippen LogP contribution in [0.4, 0.5) is 11.4 Å². The normalized spacial score (nSPS) is 12.2. The van der Waals surface area contributed by atoms with Crippen molar-refractivity contribution < 1.29 is 9.84 Å². The fourth-order valence-electron chi connectivity index (χ4n) is 2.35. The van der Waals surface area contributed by atoms with Crippen LogP contribution in [-0.2, 0) is 0 Å². The minimum absolute atomic E-state index is 0.229. The first kappa shape index (κ1) is 17.0. The highest BCUT2D eigenvalue weighted by Gasteiger charge is 2.25. The minimum atomic E-state index is -0.565. The molecule has 0 saturated heterocycles. The van der Waals surface area contributed by atoms with Crippen LogP contribution in [0.3, 0.4) is 0 Å². The molecule has 0 aliphatic heterocycles. The SMILES string of the molecule is CCC(O)CNc1c(-c2ccc(N(C)C)cc2OC)c(=O)c1=O.